The Kier molecular flexibility index (Phi) is 2.17. The summed E-state index contributed by atoms with van der Waals surface area (Å²) in [5, 5.41) is 10.4. The van der Waals surface area contributed by atoms with Crippen LogP contribution in [0.5, 0.6) is 0 Å². The molecule has 1 unspecified atom stereocenters. The SMILES string of the molecule is CCC1C(=O)CN(O)c2cncnc21. The summed E-state index contributed by atoms with van der Waals surface area (Å²) in [6.07, 6.45) is 3.63. The van der Waals surface area contributed by atoms with Crippen LogP contribution >= 0.6 is 0 Å². The minimum absolute atomic E-state index is 0.00111. The van der Waals surface area contributed by atoms with Crippen molar-refractivity contribution >= 4 is 11.5 Å². The molecular weight excluding hydrogens is 182 g/mol. The van der Waals surface area contributed by atoms with E-state index in [1.54, 1.807) is 0 Å². The van der Waals surface area contributed by atoms with Crippen LogP contribution in [-0.4, -0.2) is 27.5 Å². The van der Waals surface area contributed by atoms with Gasteiger partial charge in [-0.05, 0) is 6.42 Å². The van der Waals surface area contributed by atoms with Crippen LogP contribution in [0.15, 0.2) is 12.5 Å². The molecule has 1 N–H and O–H groups in total. The predicted molar refractivity (Wildman–Crippen MR) is 49.2 cm³/mol. The van der Waals surface area contributed by atoms with E-state index in [9.17, 15) is 10.0 Å². The number of carbonyl (C=O) groups is 1. The summed E-state index contributed by atoms with van der Waals surface area (Å²) in [4.78, 5) is 19.4. The highest BCUT2D eigenvalue weighted by molar-refractivity contribution is 5.92. The van der Waals surface area contributed by atoms with E-state index in [2.05, 4.69) is 9.97 Å². The van der Waals surface area contributed by atoms with E-state index in [1.807, 2.05) is 6.92 Å². The summed E-state index contributed by atoms with van der Waals surface area (Å²) in [5.74, 6) is -0.197. The maximum atomic E-state index is 11.5. The van der Waals surface area contributed by atoms with Gasteiger partial charge in [-0.15, -0.1) is 0 Å². The number of carbonyl (C=O) groups excluding carboxylic acids is 1. The van der Waals surface area contributed by atoms with Gasteiger partial charge >= 0.3 is 0 Å². The Morgan fingerprint density at radius 2 is 2.50 bits per heavy atom. The maximum Gasteiger partial charge on any atom is 0.163 e. The molecule has 0 saturated heterocycles. The molecule has 1 aromatic heterocycles. The number of hydrogen-bond donors (Lipinski definition) is 1. The van der Waals surface area contributed by atoms with Gasteiger partial charge in [0.05, 0.1) is 17.8 Å². The lowest BCUT2D eigenvalue weighted by atomic mass is 9.92. The van der Waals surface area contributed by atoms with Crippen LogP contribution < -0.4 is 5.06 Å². The van der Waals surface area contributed by atoms with Gasteiger partial charge in [-0.3, -0.25) is 10.0 Å². The summed E-state index contributed by atoms with van der Waals surface area (Å²) >= 11 is 0. The Bertz CT molecular complexity index is 367. The molecule has 0 fully saturated rings. The molecule has 0 saturated carbocycles. The summed E-state index contributed by atoms with van der Waals surface area (Å²) < 4.78 is 0. The quantitative estimate of drug-likeness (QED) is 0.712. The van der Waals surface area contributed by atoms with E-state index < -0.39 is 0 Å². The first-order valence-corrected chi connectivity index (χ1v) is 4.53. The topological polar surface area (TPSA) is 66.3 Å². The third-order valence-electron chi connectivity index (χ3n) is 2.43. The van der Waals surface area contributed by atoms with Crippen molar-refractivity contribution in [2.24, 2.45) is 0 Å². The number of hydrogen-bond acceptors (Lipinski definition) is 5. The molecule has 14 heavy (non-hydrogen) atoms. The highest BCUT2D eigenvalue weighted by Gasteiger charge is 2.31. The Morgan fingerprint density at radius 1 is 1.71 bits per heavy atom. The highest BCUT2D eigenvalue weighted by atomic mass is 16.5. The fourth-order valence-electron chi connectivity index (χ4n) is 1.72. The summed E-state index contributed by atoms with van der Waals surface area (Å²) in [6, 6.07) is 0. The number of hydroxylamine groups is 1. The molecule has 0 aromatic carbocycles. The van der Waals surface area contributed by atoms with Crippen LogP contribution in [0.2, 0.25) is 0 Å². The van der Waals surface area contributed by atoms with Gasteiger partial charge in [0, 0.05) is 0 Å². The lowest BCUT2D eigenvalue weighted by Gasteiger charge is -2.27. The largest absolute Gasteiger partial charge is 0.297 e. The normalized spacial score (nSPS) is 20.9. The molecule has 1 aliphatic heterocycles. The first-order valence-electron chi connectivity index (χ1n) is 4.53. The Morgan fingerprint density at radius 3 is 3.21 bits per heavy atom. The van der Waals surface area contributed by atoms with Crippen LogP contribution in [0.25, 0.3) is 0 Å². The predicted octanol–water partition coefficient (Wildman–Crippen LogP) is 0.749. The van der Waals surface area contributed by atoms with Gasteiger partial charge in [0.25, 0.3) is 0 Å². The minimum atomic E-state index is -0.198. The van der Waals surface area contributed by atoms with E-state index in [-0.39, 0.29) is 18.2 Å². The summed E-state index contributed by atoms with van der Waals surface area (Å²) in [5.41, 5.74) is 1.17. The second-order valence-corrected chi connectivity index (χ2v) is 3.28. The molecule has 2 heterocycles. The minimum Gasteiger partial charge on any atom is -0.297 e. The molecule has 1 aromatic rings. The fourth-order valence-corrected chi connectivity index (χ4v) is 1.72. The van der Waals surface area contributed by atoms with Gasteiger partial charge in [0.2, 0.25) is 0 Å². The summed E-state index contributed by atoms with van der Waals surface area (Å²) in [6.45, 7) is 1.96. The number of ketones is 1. The molecule has 1 aliphatic rings. The van der Waals surface area contributed by atoms with Gasteiger partial charge in [-0.1, -0.05) is 6.92 Å². The van der Waals surface area contributed by atoms with Crippen molar-refractivity contribution in [3.05, 3.63) is 18.2 Å². The van der Waals surface area contributed by atoms with Crippen molar-refractivity contribution in [1.29, 1.82) is 0 Å². The first kappa shape index (κ1) is 9.08. The van der Waals surface area contributed by atoms with E-state index in [0.29, 0.717) is 17.8 Å². The van der Waals surface area contributed by atoms with Crippen molar-refractivity contribution in [3.63, 3.8) is 0 Å². The molecule has 0 amide bonds. The van der Waals surface area contributed by atoms with Gasteiger partial charge in [0.1, 0.15) is 18.6 Å². The third-order valence-corrected chi connectivity index (χ3v) is 2.43. The van der Waals surface area contributed by atoms with Gasteiger partial charge in [0.15, 0.2) is 5.78 Å². The van der Waals surface area contributed by atoms with Gasteiger partial charge in [-0.2, -0.15) is 0 Å². The third kappa shape index (κ3) is 1.26. The standard InChI is InChI=1S/C9H11N3O2/c1-2-6-8(13)4-12(14)7-3-10-5-11-9(6)7/h3,5-6,14H,2,4H2,1H3. The lowest BCUT2D eigenvalue weighted by molar-refractivity contribution is -0.120. The first-order chi connectivity index (χ1) is 6.74. The van der Waals surface area contributed by atoms with E-state index in [4.69, 9.17) is 0 Å². The Balaban J connectivity index is 2.50. The van der Waals surface area contributed by atoms with Gasteiger partial charge in [-0.25, -0.2) is 15.0 Å². The van der Waals surface area contributed by atoms with Crippen LogP contribution in [0.4, 0.5) is 5.69 Å². The van der Waals surface area contributed by atoms with Gasteiger partial charge < -0.3 is 0 Å². The van der Waals surface area contributed by atoms with Crippen LogP contribution in [0, 0.1) is 0 Å². The molecule has 1 atom stereocenters. The number of fused-ring (bicyclic) bond motifs is 1. The molecule has 0 spiro atoms. The van der Waals surface area contributed by atoms with E-state index >= 15 is 0 Å². The molecular formula is C9H11N3O2. The second kappa shape index (κ2) is 3.34. The zero-order chi connectivity index (χ0) is 10.1. The van der Waals surface area contributed by atoms with Crippen molar-refractivity contribution in [2.45, 2.75) is 19.3 Å². The van der Waals surface area contributed by atoms with E-state index in [0.717, 1.165) is 5.06 Å². The monoisotopic (exact) mass is 193 g/mol. The highest BCUT2D eigenvalue weighted by Crippen LogP contribution is 2.31. The van der Waals surface area contributed by atoms with Crippen molar-refractivity contribution in [3.8, 4) is 0 Å². The van der Waals surface area contributed by atoms with Crippen molar-refractivity contribution in [1.82, 2.24) is 9.97 Å². The lowest BCUT2D eigenvalue weighted by Crippen LogP contribution is -2.36. The van der Waals surface area contributed by atoms with Crippen LogP contribution in [0.3, 0.4) is 0 Å². The summed E-state index contributed by atoms with van der Waals surface area (Å²) in [7, 11) is 0. The smallest absolute Gasteiger partial charge is 0.163 e. The molecule has 2 rings (SSSR count). The molecule has 0 radical (unpaired) electrons. The zero-order valence-electron chi connectivity index (χ0n) is 7.84. The Hall–Kier alpha value is -1.49. The van der Waals surface area contributed by atoms with Crippen molar-refractivity contribution in [2.75, 3.05) is 11.6 Å². The molecule has 0 aliphatic carbocycles. The van der Waals surface area contributed by atoms with E-state index in [1.165, 1.54) is 12.5 Å². The molecule has 74 valence electrons. The maximum absolute atomic E-state index is 11.5. The average Bonchev–Trinajstić information content (AvgIpc) is 2.18. The number of Topliss-reactive ketones (excluding diaryl/α,β-unsaturated/α-hetero) is 1. The number of nitrogens with zero attached hydrogens (tertiary/aromatic N) is 3. The molecule has 0 bridgehead atoms. The number of anilines is 1. The average molecular weight is 193 g/mol. The second-order valence-electron chi connectivity index (χ2n) is 3.28. The Labute approximate surface area is 81.4 Å². The number of rotatable bonds is 1. The zero-order valence-corrected chi connectivity index (χ0v) is 7.84. The molecule has 5 nitrogen and oxygen atoms in total. The fraction of sp³-hybridized carbons (Fsp3) is 0.444. The van der Waals surface area contributed by atoms with Crippen LogP contribution in [0.1, 0.15) is 25.0 Å². The van der Waals surface area contributed by atoms with Crippen LogP contribution in [-0.2, 0) is 4.79 Å². The molecule has 5 heteroatoms. The number of aromatic nitrogens is 2. The van der Waals surface area contributed by atoms with Crippen molar-refractivity contribution < 1.29 is 10.0 Å².